The third-order valence-corrected chi connectivity index (χ3v) is 4.76. The molecule has 1 heterocycles. The van der Waals surface area contributed by atoms with Gasteiger partial charge in [0, 0.05) is 12.6 Å². The summed E-state index contributed by atoms with van der Waals surface area (Å²) < 4.78 is 6.17. The van der Waals surface area contributed by atoms with E-state index >= 15 is 0 Å². The minimum absolute atomic E-state index is 0.343. The number of carbonyl (C=O) groups is 1. The normalized spacial score (nSPS) is 21.1. The monoisotopic (exact) mass is 383 g/mol. The van der Waals surface area contributed by atoms with E-state index in [1.165, 1.54) is 6.42 Å². The van der Waals surface area contributed by atoms with Gasteiger partial charge in [0.25, 0.3) is 0 Å². The van der Waals surface area contributed by atoms with Gasteiger partial charge >= 0.3 is 6.09 Å². The Morgan fingerprint density at radius 1 is 1.43 bits per heavy atom. The van der Waals surface area contributed by atoms with Gasteiger partial charge in [0.15, 0.2) is 0 Å². The van der Waals surface area contributed by atoms with E-state index in [0.29, 0.717) is 18.5 Å². The number of carbonyl (C=O) groups excluding carboxylic acids is 1. The molecule has 1 aromatic heterocycles. The molecule has 0 bridgehead atoms. The van der Waals surface area contributed by atoms with Crippen molar-refractivity contribution in [2.24, 2.45) is 5.92 Å². The molecule has 0 aromatic carbocycles. The molecule has 1 aliphatic rings. The molecule has 0 aliphatic heterocycles. The van der Waals surface area contributed by atoms with Crippen LogP contribution in [0.4, 0.5) is 10.5 Å². The summed E-state index contributed by atoms with van der Waals surface area (Å²) in [5.74, 6) is 0.409. The third-order valence-electron chi connectivity index (χ3n) is 3.93. The maximum atomic E-state index is 11.8. The standard InChI is InChI=1S/C17H26BrN3O2/c1-11-8-13(10-19-15(11)18)21-14-7-5-6-12(14)9-20-16(22)23-17(2,3)4/h8,10,12,14,21H,5-7,9H2,1-4H3,(H,20,22). The van der Waals surface area contributed by atoms with Crippen molar-refractivity contribution in [3.8, 4) is 0 Å². The second-order valence-corrected chi connectivity index (χ2v) is 7.91. The summed E-state index contributed by atoms with van der Waals surface area (Å²) in [5.41, 5.74) is 1.68. The van der Waals surface area contributed by atoms with Gasteiger partial charge in [0.1, 0.15) is 10.2 Å². The Morgan fingerprint density at radius 3 is 2.83 bits per heavy atom. The van der Waals surface area contributed by atoms with Crippen LogP contribution < -0.4 is 10.6 Å². The van der Waals surface area contributed by atoms with Crippen molar-refractivity contribution in [2.45, 2.75) is 58.6 Å². The smallest absolute Gasteiger partial charge is 0.407 e. The highest BCUT2D eigenvalue weighted by molar-refractivity contribution is 9.10. The average molecular weight is 384 g/mol. The van der Waals surface area contributed by atoms with E-state index in [9.17, 15) is 4.79 Å². The van der Waals surface area contributed by atoms with Crippen molar-refractivity contribution in [3.05, 3.63) is 22.4 Å². The molecule has 1 aromatic rings. The number of aromatic nitrogens is 1. The number of ether oxygens (including phenoxy) is 1. The minimum Gasteiger partial charge on any atom is -0.444 e. The predicted molar refractivity (Wildman–Crippen MR) is 95.7 cm³/mol. The molecule has 1 fully saturated rings. The van der Waals surface area contributed by atoms with E-state index in [2.05, 4.69) is 37.6 Å². The zero-order valence-corrected chi connectivity index (χ0v) is 15.9. The molecule has 1 amide bonds. The Bertz CT molecular complexity index is 557. The fraction of sp³-hybridized carbons (Fsp3) is 0.647. The number of aryl methyl sites for hydroxylation is 1. The molecule has 5 nitrogen and oxygen atoms in total. The molecule has 0 spiro atoms. The number of alkyl carbamates (subject to hydrolysis) is 1. The molecule has 2 N–H and O–H groups in total. The van der Waals surface area contributed by atoms with Gasteiger partial charge in [0.2, 0.25) is 0 Å². The molecule has 128 valence electrons. The summed E-state index contributed by atoms with van der Waals surface area (Å²) in [7, 11) is 0. The number of hydrogen-bond acceptors (Lipinski definition) is 4. The maximum absolute atomic E-state index is 11.8. The van der Waals surface area contributed by atoms with Crippen molar-refractivity contribution in [1.29, 1.82) is 0 Å². The van der Waals surface area contributed by atoms with Gasteiger partial charge < -0.3 is 15.4 Å². The quantitative estimate of drug-likeness (QED) is 0.762. The Labute approximate surface area is 146 Å². The lowest BCUT2D eigenvalue weighted by Crippen LogP contribution is -2.38. The van der Waals surface area contributed by atoms with E-state index in [4.69, 9.17) is 4.74 Å². The number of amides is 1. The Kier molecular flexibility index (Phi) is 5.89. The van der Waals surface area contributed by atoms with Crippen LogP contribution in [0.3, 0.4) is 0 Å². The molecule has 23 heavy (non-hydrogen) atoms. The van der Waals surface area contributed by atoms with E-state index in [1.807, 2.05) is 33.9 Å². The highest BCUT2D eigenvalue weighted by atomic mass is 79.9. The number of nitrogens with zero attached hydrogens (tertiary/aromatic N) is 1. The molecular formula is C17H26BrN3O2. The number of hydrogen-bond donors (Lipinski definition) is 2. The zero-order chi connectivity index (χ0) is 17.0. The summed E-state index contributed by atoms with van der Waals surface area (Å²) in [6.45, 7) is 8.27. The topological polar surface area (TPSA) is 63.2 Å². The van der Waals surface area contributed by atoms with Crippen LogP contribution in [0.1, 0.15) is 45.6 Å². The van der Waals surface area contributed by atoms with E-state index in [1.54, 1.807) is 0 Å². The van der Waals surface area contributed by atoms with E-state index in [-0.39, 0.29) is 6.09 Å². The largest absolute Gasteiger partial charge is 0.444 e. The molecule has 1 saturated carbocycles. The molecule has 2 rings (SSSR count). The summed E-state index contributed by atoms with van der Waals surface area (Å²) >= 11 is 3.42. The van der Waals surface area contributed by atoms with Crippen LogP contribution in [0, 0.1) is 12.8 Å². The van der Waals surface area contributed by atoms with Gasteiger partial charge in [-0.3, -0.25) is 0 Å². The van der Waals surface area contributed by atoms with Gasteiger partial charge in [0.05, 0.1) is 11.9 Å². The number of rotatable bonds is 4. The Morgan fingerprint density at radius 2 is 2.17 bits per heavy atom. The fourth-order valence-electron chi connectivity index (χ4n) is 2.85. The van der Waals surface area contributed by atoms with Crippen molar-refractivity contribution >= 4 is 27.7 Å². The zero-order valence-electron chi connectivity index (χ0n) is 14.3. The minimum atomic E-state index is -0.460. The summed E-state index contributed by atoms with van der Waals surface area (Å²) in [4.78, 5) is 16.1. The lowest BCUT2D eigenvalue weighted by atomic mass is 10.0. The lowest BCUT2D eigenvalue weighted by molar-refractivity contribution is 0.0519. The maximum Gasteiger partial charge on any atom is 0.407 e. The number of nitrogens with one attached hydrogen (secondary N) is 2. The van der Waals surface area contributed by atoms with Crippen LogP contribution in [0.2, 0.25) is 0 Å². The number of anilines is 1. The summed E-state index contributed by atoms with van der Waals surface area (Å²) in [6, 6.07) is 2.45. The molecule has 2 unspecified atom stereocenters. The van der Waals surface area contributed by atoms with Crippen LogP contribution in [-0.2, 0) is 4.74 Å². The van der Waals surface area contributed by atoms with Crippen LogP contribution >= 0.6 is 15.9 Å². The fourth-order valence-corrected chi connectivity index (χ4v) is 3.07. The predicted octanol–water partition coefficient (Wildman–Crippen LogP) is 4.26. The number of halogens is 1. The molecule has 0 saturated heterocycles. The Hall–Kier alpha value is -1.30. The van der Waals surface area contributed by atoms with Gasteiger partial charge in [-0.1, -0.05) is 6.42 Å². The van der Waals surface area contributed by atoms with Crippen molar-refractivity contribution in [2.75, 3.05) is 11.9 Å². The highest BCUT2D eigenvalue weighted by Gasteiger charge is 2.28. The summed E-state index contributed by atoms with van der Waals surface area (Å²) in [5, 5.41) is 6.45. The molecule has 6 heteroatoms. The SMILES string of the molecule is Cc1cc(NC2CCCC2CNC(=O)OC(C)(C)C)cnc1Br. The lowest BCUT2D eigenvalue weighted by Gasteiger charge is -2.24. The van der Waals surface area contributed by atoms with Crippen molar-refractivity contribution in [1.82, 2.24) is 10.3 Å². The first kappa shape index (κ1) is 18.0. The first-order chi connectivity index (χ1) is 10.7. The first-order valence-electron chi connectivity index (χ1n) is 8.10. The molecule has 1 aliphatic carbocycles. The van der Waals surface area contributed by atoms with Gasteiger partial charge in [-0.2, -0.15) is 0 Å². The second kappa shape index (κ2) is 7.51. The van der Waals surface area contributed by atoms with Crippen LogP contribution in [0.5, 0.6) is 0 Å². The molecule has 2 atom stereocenters. The first-order valence-corrected chi connectivity index (χ1v) is 8.89. The van der Waals surface area contributed by atoms with Gasteiger partial charge in [-0.25, -0.2) is 9.78 Å². The highest BCUT2D eigenvalue weighted by Crippen LogP contribution is 2.29. The number of pyridine rings is 1. The second-order valence-electron chi connectivity index (χ2n) is 7.16. The summed E-state index contributed by atoms with van der Waals surface area (Å²) in [6.07, 6.45) is 4.88. The van der Waals surface area contributed by atoms with Gasteiger partial charge in [-0.05, 0) is 74.0 Å². The average Bonchev–Trinajstić information content (AvgIpc) is 2.86. The third kappa shape index (κ3) is 5.68. The van der Waals surface area contributed by atoms with Crippen LogP contribution in [-0.4, -0.2) is 29.3 Å². The van der Waals surface area contributed by atoms with Gasteiger partial charge in [-0.15, -0.1) is 0 Å². The Balaban J connectivity index is 1.87. The van der Waals surface area contributed by atoms with Crippen LogP contribution in [0.15, 0.2) is 16.9 Å². The van der Waals surface area contributed by atoms with E-state index in [0.717, 1.165) is 28.7 Å². The van der Waals surface area contributed by atoms with Crippen molar-refractivity contribution < 1.29 is 9.53 Å². The molecular weight excluding hydrogens is 358 g/mol. The van der Waals surface area contributed by atoms with E-state index < -0.39 is 5.60 Å². The van der Waals surface area contributed by atoms with Crippen LogP contribution in [0.25, 0.3) is 0 Å². The molecule has 0 radical (unpaired) electrons. The van der Waals surface area contributed by atoms with Crippen molar-refractivity contribution in [3.63, 3.8) is 0 Å².